The smallest absolute Gasteiger partial charge is 0.162 e. The highest BCUT2D eigenvalue weighted by atomic mass is 79.9. The molecule has 2 atom stereocenters. The number of rotatable bonds is 4. The van der Waals surface area contributed by atoms with Crippen LogP contribution in [0.5, 0.6) is 0 Å². The first-order chi connectivity index (χ1) is 7.47. The maximum atomic E-state index is 13.2. The zero-order chi connectivity index (χ0) is 12.3. The maximum Gasteiger partial charge on any atom is 0.162 e. The van der Waals surface area contributed by atoms with Gasteiger partial charge in [-0.2, -0.15) is 0 Å². The number of benzene rings is 1. The van der Waals surface area contributed by atoms with Gasteiger partial charge in [-0.25, -0.2) is 4.39 Å². The van der Waals surface area contributed by atoms with Crippen LogP contribution in [-0.4, -0.2) is 27.4 Å². The average Bonchev–Trinajstić information content (AvgIpc) is 2.27. The lowest BCUT2D eigenvalue weighted by atomic mass is 10.0. The molecule has 16 heavy (non-hydrogen) atoms. The van der Waals surface area contributed by atoms with E-state index in [-0.39, 0.29) is 10.9 Å². The van der Waals surface area contributed by atoms with E-state index in [0.717, 1.165) is 6.07 Å². The molecule has 0 amide bonds. The number of aliphatic hydroxyl groups excluding tert-OH is 2. The lowest BCUT2D eigenvalue weighted by Gasteiger charge is -2.16. The second kappa shape index (κ2) is 5.52. The van der Waals surface area contributed by atoms with Crippen molar-refractivity contribution in [2.24, 2.45) is 0 Å². The summed E-state index contributed by atoms with van der Waals surface area (Å²) in [6, 6.07) is 3.71. The van der Waals surface area contributed by atoms with E-state index in [9.17, 15) is 19.4 Å². The number of Topliss-reactive ketones (excluding diaryl/α,β-unsaturated/α-hetero) is 1. The number of hydrogen-bond donors (Lipinski definition) is 2. The Labute approximate surface area is 101 Å². The quantitative estimate of drug-likeness (QED) is 0.657. The predicted molar refractivity (Wildman–Crippen MR) is 61.2 cm³/mol. The van der Waals surface area contributed by atoms with Crippen molar-refractivity contribution in [3.63, 3.8) is 0 Å². The molecule has 0 bridgehead atoms. The van der Waals surface area contributed by atoms with Gasteiger partial charge in [0.05, 0.1) is 11.7 Å². The van der Waals surface area contributed by atoms with Gasteiger partial charge in [-0.05, 0) is 24.6 Å². The Bertz CT molecular complexity index is 395. The molecule has 88 valence electrons. The standard InChI is InChI=1S/C11H12BrFO3/c1-6(14)8-4-7(2-3-9(8)13)11(16)10(15)5-12/h2-4,10-11,15-16H,5H2,1H3. The largest absolute Gasteiger partial charge is 0.389 e. The van der Waals surface area contributed by atoms with Crippen LogP contribution in [0.3, 0.4) is 0 Å². The average molecular weight is 291 g/mol. The number of ketones is 1. The van der Waals surface area contributed by atoms with Crippen molar-refractivity contribution in [1.29, 1.82) is 0 Å². The first kappa shape index (κ1) is 13.3. The van der Waals surface area contributed by atoms with Crippen LogP contribution >= 0.6 is 15.9 Å². The van der Waals surface area contributed by atoms with E-state index >= 15 is 0 Å². The molecule has 0 aliphatic carbocycles. The van der Waals surface area contributed by atoms with Crippen LogP contribution in [0.2, 0.25) is 0 Å². The van der Waals surface area contributed by atoms with Crippen molar-refractivity contribution in [3.8, 4) is 0 Å². The SMILES string of the molecule is CC(=O)c1cc(C(O)C(O)CBr)ccc1F. The number of alkyl halides is 1. The van der Waals surface area contributed by atoms with Gasteiger partial charge in [0, 0.05) is 5.33 Å². The molecule has 0 radical (unpaired) electrons. The van der Waals surface area contributed by atoms with Crippen molar-refractivity contribution in [3.05, 3.63) is 35.1 Å². The topological polar surface area (TPSA) is 57.5 Å². The molecule has 3 nitrogen and oxygen atoms in total. The highest BCUT2D eigenvalue weighted by Gasteiger charge is 2.19. The molecule has 0 saturated heterocycles. The fourth-order valence-corrected chi connectivity index (χ4v) is 1.66. The summed E-state index contributed by atoms with van der Waals surface area (Å²) < 4.78 is 13.2. The summed E-state index contributed by atoms with van der Waals surface area (Å²) in [6.07, 6.45) is -2.14. The van der Waals surface area contributed by atoms with Crippen LogP contribution in [0.4, 0.5) is 4.39 Å². The molecular formula is C11H12BrFO3. The minimum Gasteiger partial charge on any atom is -0.389 e. The second-order valence-corrected chi connectivity index (χ2v) is 4.11. The Hall–Kier alpha value is -0.780. The Balaban J connectivity index is 3.07. The molecule has 5 heteroatoms. The number of halogens is 2. The van der Waals surface area contributed by atoms with Crippen LogP contribution in [0, 0.1) is 5.82 Å². The Morgan fingerprint density at radius 3 is 2.62 bits per heavy atom. The molecule has 0 fully saturated rings. The van der Waals surface area contributed by atoms with E-state index in [1.54, 1.807) is 0 Å². The molecule has 1 aromatic rings. The van der Waals surface area contributed by atoms with Gasteiger partial charge in [0.15, 0.2) is 5.78 Å². The van der Waals surface area contributed by atoms with E-state index in [0.29, 0.717) is 5.56 Å². The van der Waals surface area contributed by atoms with E-state index in [1.807, 2.05) is 0 Å². The summed E-state index contributed by atoms with van der Waals surface area (Å²) in [7, 11) is 0. The molecule has 2 unspecified atom stereocenters. The van der Waals surface area contributed by atoms with Gasteiger partial charge >= 0.3 is 0 Å². The van der Waals surface area contributed by atoms with E-state index in [4.69, 9.17) is 0 Å². The van der Waals surface area contributed by atoms with Crippen LogP contribution in [0.25, 0.3) is 0 Å². The first-order valence-electron chi connectivity index (χ1n) is 4.70. The summed E-state index contributed by atoms with van der Waals surface area (Å²) >= 11 is 3.02. The van der Waals surface area contributed by atoms with Gasteiger partial charge in [0.2, 0.25) is 0 Å². The summed E-state index contributed by atoms with van der Waals surface area (Å²) in [6.45, 7) is 1.25. The van der Waals surface area contributed by atoms with Crippen molar-refractivity contribution in [1.82, 2.24) is 0 Å². The maximum absolute atomic E-state index is 13.2. The molecule has 0 aliphatic rings. The van der Waals surface area contributed by atoms with Crippen LogP contribution in [0.1, 0.15) is 28.9 Å². The van der Waals surface area contributed by atoms with Crippen molar-refractivity contribution >= 4 is 21.7 Å². The third-order valence-electron chi connectivity index (χ3n) is 2.23. The molecule has 0 aromatic heterocycles. The van der Waals surface area contributed by atoms with Crippen molar-refractivity contribution < 1.29 is 19.4 Å². The Morgan fingerprint density at radius 2 is 2.12 bits per heavy atom. The molecule has 0 spiro atoms. The van der Waals surface area contributed by atoms with E-state index in [2.05, 4.69) is 15.9 Å². The van der Waals surface area contributed by atoms with Gasteiger partial charge in [-0.15, -0.1) is 0 Å². The first-order valence-corrected chi connectivity index (χ1v) is 5.82. The van der Waals surface area contributed by atoms with E-state index < -0.39 is 23.8 Å². The number of aliphatic hydroxyl groups is 2. The van der Waals surface area contributed by atoms with Crippen LogP contribution < -0.4 is 0 Å². The van der Waals surface area contributed by atoms with Crippen LogP contribution in [0.15, 0.2) is 18.2 Å². The monoisotopic (exact) mass is 290 g/mol. The number of carbonyl (C=O) groups excluding carboxylic acids is 1. The fraction of sp³-hybridized carbons (Fsp3) is 0.364. The fourth-order valence-electron chi connectivity index (χ4n) is 1.30. The minimum atomic E-state index is -1.14. The van der Waals surface area contributed by atoms with Crippen LogP contribution in [-0.2, 0) is 0 Å². The van der Waals surface area contributed by atoms with Gasteiger partial charge < -0.3 is 10.2 Å². The summed E-state index contributed by atoms with van der Waals surface area (Å²) in [5.41, 5.74) is 0.233. The lowest BCUT2D eigenvalue weighted by molar-refractivity contribution is 0.0342. The number of carbonyl (C=O) groups is 1. The predicted octanol–water partition coefficient (Wildman–Crippen LogP) is 1.82. The van der Waals surface area contributed by atoms with Gasteiger partial charge in [-0.3, -0.25) is 4.79 Å². The highest BCUT2D eigenvalue weighted by Crippen LogP contribution is 2.21. The summed E-state index contributed by atoms with van der Waals surface area (Å²) in [5, 5.41) is 19.3. The second-order valence-electron chi connectivity index (χ2n) is 3.46. The van der Waals surface area contributed by atoms with Crippen molar-refractivity contribution in [2.75, 3.05) is 5.33 Å². The highest BCUT2D eigenvalue weighted by molar-refractivity contribution is 9.09. The third-order valence-corrected chi connectivity index (χ3v) is 2.90. The third kappa shape index (κ3) is 2.87. The molecular weight excluding hydrogens is 279 g/mol. The molecule has 0 saturated carbocycles. The Morgan fingerprint density at radius 1 is 1.50 bits per heavy atom. The minimum absolute atomic E-state index is 0.0849. The molecule has 0 heterocycles. The summed E-state index contributed by atoms with van der Waals surface area (Å²) in [4.78, 5) is 11.1. The van der Waals surface area contributed by atoms with Gasteiger partial charge in [0.1, 0.15) is 11.9 Å². The number of hydrogen-bond acceptors (Lipinski definition) is 3. The molecule has 1 aromatic carbocycles. The molecule has 1 rings (SSSR count). The van der Waals surface area contributed by atoms with E-state index in [1.165, 1.54) is 19.1 Å². The zero-order valence-corrected chi connectivity index (χ0v) is 10.2. The summed E-state index contributed by atoms with van der Waals surface area (Å²) in [5.74, 6) is -1.04. The molecule has 0 aliphatic heterocycles. The lowest BCUT2D eigenvalue weighted by Crippen LogP contribution is -2.19. The van der Waals surface area contributed by atoms with Crippen molar-refractivity contribution in [2.45, 2.75) is 19.1 Å². The zero-order valence-electron chi connectivity index (χ0n) is 8.65. The Kier molecular flexibility index (Phi) is 4.58. The van der Waals surface area contributed by atoms with Gasteiger partial charge in [0.25, 0.3) is 0 Å². The normalized spacial score (nSPS) is 14.6. The molecule has 2 N–H and O–H groups in total. The van der Waals surface area contributed by atoms with Gasteiger partial charge in [-0.1, -0.05) is 22.0 Å².